The Bertz CT molecular complexity index is 377. The van der Waals surface area contributed by atoms with Crippen LogP contribution in [0, 0.1) is 5.92 Å². The Kier molecular flexibility index (Phi) is 11.1. The number of ether oxygens (including phenoxy) is 2. The molecule has 0 bridgehead atoms. The van der Waals surface area contributed by atoms with Crippen LogP contribution in [0.3, 0.4) is 0 Å². The van der Waals surface area contributed by atoms with Crippen molar-refractivity contribution in [2.24, 2.45) is 10.9 Å². The van der Waals surface area contributed by atoms with Crippen molar-refractivity contribution < 1.29 is 9.47 Å². The summed E-state index contributed by atoms with van der Waals surface area (Å²) in [6.07, 6.45) is 14.5. The van der Waals surface area contributed by atoms with Gasteiger partial charge < -0.3 is 19.7 Å². The fraction of sp³-hybridized carbons (Fsp3) is 0.952. The van der Waals surface area contributed by atoms with Crippen molar-refractivity contribution in [2.75, 3.05) is 47.0 Å². The Morgan fingerprint density at radius 2 is 1.85 bits per heavy atom. The van der Waals surface area contributed by atoms with Crippen LogP contribution in [0.1, 0.15) is 70.6 Å². The van der Waals surface area contributed by atoms with E-state index < -0.39 is 0 Å². The zero-order chi connectivity index (χ0) is 18.5. The first kappa shape index (κ1) is 21.5. The summed E-state index contributed by atoms with van der Waals surface area (Å²) in [5.74, 6) is 1.84. The van der Waals surface area contributed by atoms with Crippen molar-refractivity contribution in [2.45, 2.75) is 76.7 Å². The summed E-state index contributed by atoms with van der Waals surface area (Å²) in [5.41, 5.74) is 0. The molecule has 1 aliphatic carbocycles. The highest BCUT2D eigenvalue weighted by Crippen LogP contribution is 2.20. The van der Waals surface area contributed by atoms with E-state index in [-0.39, 0.29) is 0 Å². The zero-order valence-corrected chi connectivity index (χ0v) is 17.2. The van der Waals surface area contributed by atoms with Crippen molar-refractivity contribution in [3.05, 3.63) is 0 Å². The summed E-state index contributed by atoms with van der Waals surface area (Å²) in [5, 5.41) is 3.51. The predicted octanol–water partition coefficient (Wildman–Crippen LogP) is 3.83. The first-order chi connectivity index (χ1) is 12.8. The van der Waals surface area contributed by atoms with E-state index in [1.165, 1.54) is 70.6 Å². The molecule has 1 N–H and O–H groups in total. The molecule has 5 nitrogen and oxygen atoms in total. The second-order valence-electron chi connectivity index (χ2n) is 7.93. The van der Waals surface area contributed by atoms with E-state index in [2.05, 4.69) is 22.3 Å². The van der Waals surface area contributed by atoms with Crippen LogP contribution < -0.4 is 5.32 Å². The molecule has 0 amide bonds. The van der Waals surface area contributed by atoms with Gasteiger partial charge in [0, 0.05) is 47.0 Å². The monoisotopic (exact) mass is 367 g/mol. The molecule has 0 atom stereocenters. The summed E-state index contributed by atoms with van der Waals surface area (Å²) in [6.45, 7) is 4.87. The molecule has 152 valence electrons. The van der Waals surface area contributed by atoms with E-state index in [1.807, 2.05) is 7.05 Å². The molecule has 1 aliphatic heterocycles. The summed E-state index contributed by atoms with van der Waals surface area (Å²) >= 11 is 0. The molecule has 0 radical (unpaired) electrons. The van der Waals surface area contributed by atoms with E-state index >= 15 is 0 Å². The van der Waals surface area contributed by atoms with Gasteiger partial charge in [-0.2, -0.15) is 0 Å². The van der Waals surface area contributed by atoms with E-state index in [0.717, 1.165) is 44.8 Å². The molecule has 0 spiro atoms. The maximum absolute atomic E-state index is 6.00. The highest BCUT2D eigenvalue weighted by Gasteiger charge is 2.15. The lowest BCUT2D eigenvalue weighted by Crippen LogP contribution is -2.40. The van der Waals surface area contributed by atoms with Gasteiger partial charge >= 0.3 is 0 Å². The maximum Gasteiger partial charge on any atom is 0.193 e. The van der Waals surface area contributed by atoms with Crippen molar-refractivity contribution in [1.29, 1.82) is 0 Å². The minimum Gasteiger partial charge on any atom is -0.381 e. The molecule has 0 unspecified atom stereocenters. The number of aliphatic imine (C=N–C) groups is 1. The molecule has 1 saturated heterocycles. The number of hydrogen-bond donors (Lipinski definition) is 1. The number of guanidine groups is 1. The number of hydrogen-bond acceptors (Lipinski definition) is 3. The van der Waals surface area contributed by atoms with E-state index in [1.54, 1.807) is 0 Å². The third-order valence-corrected chi connectivity index (χ3v) is 5.80. The van der Waals surface area contributed by atoms with Crippen LogP contribution in [0.2, 0.25) is 0 Å². The van der Waals surface area contributed by atoms with Crippen LogP contribution in [0.4, 0.5) is 0 Å². The van der Waals surface area contributed by atoms with Gasteiger partial charge in [-0.3, -0.25) is 4.99 Å². The average molecular weight is 368 g/mol. The Labute approximate surface area is 160 Å². The lowest BCUT2D eigenvalue weighted by molar-refractivity contribution is 0.0264. The summed E-state index contributed by atoms with van der Waals surface area (Å²) in [7, 11) is 4.03. The van der Waals surface area contributed by atoms with Crippen LogP contribution in [0.15, 0.2) is 4.99 Å². The molecule has 2 fully saturated rings. The number of rotatable bonds is 10. The standard InChI is InChI=1S/C21H41N3O2/c1-22-21(24(2)15-11-19-12-17-25-18-13-19)23-14-7-4-8-16-26-20-9-5-3-6-10-20/h19-20H,3-18H2,1-2H3,(H,22,23). The van der Waals surface area contributed by atoms with Gasteiger partial charge in [0.15, 0.2) is 5.96 Å². The fourth-order valence-electron chi connectivity index (χ4n) is 3.99. The van der Waals surface area contributed by atoms with Crippen molar-refractivity contribution >= 4 is 5.96 Å². The van der Waals surface area contributed by atoms with Gasteiger partial charge in [-0.15, -0.1) is 0 Å². The molecular formula is C21H41N3O2. The fourth-order valence-corrected chi connectivity index (χ4v) is 3.99. The van der Waals surface area contributed by atoms with Crippen LogP contribution in [-0.4, -0.2) is 64.0 Å². The van der Waals surface area contributed by atoms with Gasteiger partial charge in [-0.05, 0) is 57.3 Å². The van der Waals surface area contributed by atoms with Crippen LogP contribution in [-0.2, 0) is 9.47 Å². The minimum atomic E-state index is 0.546. The third-order valence-electron chi connectivity index (χ3n) is 5.80. The average Bonchev–Trinajstić information content (AvgIpc) is 2.70. The number of unbranched alkanes of at least 4 members (excludes halogenated alkanes) is 2. The lowest BCUT2D eigenvalue weighted by Gasteiger charge is -2.26. The van der Waals surface area contributed by atoms with E-state index in [9.17, 15) is 0 Å². The largest absolute Gasteiger partial charge is 0.381 e. The first-order valence-electron chi connectivity index (χ1n) is 10.9. The lowest BCUT2D eigenvalue weighted by atomic mass is 9.96. The van der Waals surface area contributed by atoms with E-state index in [4.69, 9.17) is 9.47 Å². The highest BCUT2D eigenvalue weighted by atomic mass is 16.5. The molecule has 2 aliphatic rings. The molecule has 2 rings (SSSR count). The maximum atomic E-state index is 6.00. The zero-order valence-electron chi connectivity index (χ0n) is 17.2. The van der Waals surface area contributed by atoms with Gasteiger partial charge in [-0.25, -0.2) is 0 Å². The third kappa shape index (κ3) is 8.72. The van der Waals surface area contributed by atoms with Gasteiger partial charge in [0.1, 0.15) is 0 Å². The smallest absolute Gasteiger partial charge is 0.193 e. The summed E-state index contributed by atoms with van der Waals surface area (Å²) < 4.78 is 11.4. The van der Waals surface area contributed by atoms with Gasteiger partial charge in [-0.1, -0.05) is 19.3 Å². The second-order valence-corrected chi connectivity index (χ2v) is 7.93. The van der Waals surface area contributed by atoms with Gasteiger partial charge in [0.05, 0.1) is 6.10 Å². The van der Waals surface area contributed by atoms with Crippen LogP contribution in [0.25, 0.3) is 0 Å². The molecule has 0 aromatic rings. The van der Waals surface area contributed by atoms with Crippen LogP contribution >= 0.6 is 0 Å². The molecule has 5 heteroatoms. The summed E-state index contributed by atoms with van der Waals surface area (Å²) in [4.78, 5) is 6.69. The number of nitrogens with one attached hydrogen (secondary N) is 1. The predicted molar refractivity (Wildman–Crippen MR) is 109 cm³/mol. The first-order valence-corrected chi connectivity index (χ1v) is 10.9. The SMILES string of the molecule is CN=C(NCCCCCOC1CCCCC1)N(C)CCC1CCOCC1. The molecule has 26 heavy (non-hydrogen) atoms. The van der Waals surface area contributed by atoms with Crippen LogP contribution in [0.5, 0.6) is 0 Å². The van der Waals surface area contributed by atoms with Gasteiger partial charge in [0.25, 0.3) is 0 Å². The van der Waals surface area contributed by atoms with Crippen molar-refractivity contribution in [1.82, 2.24) is 10.2 Å². The Morgan fingerprint density at radius 3 is 2.58 bits per heavy atom. The normalized spacial score (nSPS) is 20.3. The Balaban J connectivity index is 1.47. The molecule has 1 heterocycles. The Hall–Kier alpha value is -0.810. The van der Waals surface area contributed by atoms with E-state index in [0.29, 0.717) is 6.10 Å². The topological polar surface area (TPSA) is 46.1 Å². The minimum absolute atomic E-state index is 0.546. The number of nitrogens with zero attached hydrogens (tertiary/aromatic N) is 2. The Morgan fingerprint density at radius 1 is 1.08 bits per heavy atom. The van der Waals surface area contributed by atoms with Gasteiger partial charge in [0.2, 0.25) is 0 Å². The quantitative estimate of drug-likeness (QED) is 0.362. The molecule has 1 saturated carbocycles. The van der Waals surface area contributed by atoms with Crippen molar-refractivity contribution in [3.63, 3.8) is 0 Å². The van der Waals surface area contributed by atoms with Crippen molar-refractivity contribution in [3.8, 4) is 0 Å². The second kappa shape index (κ2) is 13.4. The highest BCUT2D eigenvalue weighted by molar-refractivity contribution is 5.79. The summed E-state index contributed by atoms with van der Waals surface area (Å²) in [6, 6.07) is 0. The molecule has 0 aromatic heterocycles. The molecular weight excluding hydrogens is 326 g/mol. The molecule has 0 aromatic carbocycles.